The molecule has 0 bridgehead atoms. The standard InChI is InChI=1S/C20H27N5O3/c1-13(18(27)22-14-5-2-3-6-14)25-12-10-20(9-8-16(25)26)23-17-15(19(28)24-20)7-4-11-21-17/h4,7,11,13-14H,2-3,5-6,8-10,12H2,1H3,(H,21,23)(H,22,27)(H,24,28). The topological polar surface area (TPSA) is 103 Å². The van der Waals surface area contributed by atoms with E-state index in [9.17, 15) is 14.4 Å². The van der Waals surface area contributed by atoms with Crippen molar-refractivity contribution in [3.05, 3.63) is 23.9 Å². The average Bonchev–Trinajstić information content (AvgIpc) is 3.14. The van der Waals surface area contributed by atoms with Crippen molar-refractivity contribution in [3.63, 3.8) is 0 Å². The first kappa shape index (κ1) is 18.7. The number of carbonyl (C=O) groups excluding carboxylic acids is 3. The first-order valence-corrected chi connectivity index (χ1v) is 10.1. The van der Waals surface area contributed by atoms with Crippen molar-refractivity contribution in [1.82, 2.24) is 20.5 Å². The molecule has 1 aromatic rings. The van der Waals surface area contributed by atoms with Crippen LogP contribution >= 0.6 is 0 Å². The van der Waals surface area contributed by atoms with E-state index < -0.39 is 11.7 Å². The summed E-state index contributed by atoms with van der Waals surface area (Å²) < 4.78 is 0. The van der Waals surface area contributed by atoms with Crippen LogP contribution in [0.15, 0.2) is 18.3 Å². The van der Waals surface area contributed by atoms with E-state index in [2.05, 4.69) is 20.9 Å². The molecule has 150 valence electrons. The maximum absolute atomic E-state index is 12.7. The van der Waals surface area contributed by atoms with E-state index in [0.29, 0.717) is 30.8 Å². The highest BCUT2D eigenvalue weighted by Gasteiger charge is 2.42. The minimum absolute atomic E-state index is 0.0613. The molecule has 1 saturated heterocycles. The third-order valence-corrected chi connectivity index (χ3v) is 6.18. The molecule has 0 aromatic carbocycles. The van der Waals surface area contributed by atoms with Gasteiger partial charge in [0.1, 0.15) is 17.5 Å². The van der Waals surface area contributed by atoms with Gasteiger partial charge in [0, 0.05) is 31.6 Å². The zero-order chi connectivity index (χ0) is 19.7. The summed E-state index contributed by atoms with van der Waals surface area (Å²) in [7, 11) is 0. The number of anilines is 1. The van der Waals surface area contributed by atoms with Crippen molar-refractivity contribution in [3.8, 4) is 0 Å². The second-order valence-electron chi connectivity index (χ2n) is 8.06. The van der Waals surface area contributed by atoms with Crippen molar-refractivity contribution in [2.45, 2.75) is 69.6 Å². The quantitative estimate of drug-likeness (QED) is 0.730. The number of nitrogens with one attached hydrogen (secondary N) is 3. The fourth-order valence-electron chi connectivity index (χ4n) is 4.45. The molecule has 1 saturated carbocycles. The van der Waals surface area contributed by atoms with E-state index in [1.807, 2.05) is 0 Å². The number of nitrogens with zero attached hydrogens (tertiary/aromatic N) is 2. The van der Waals surface area contributed by atoms with Crippen LogP contribution in [0.25, 0.3) is 0 Å². The second kappa shape index (κ2) is 7.41. The van der Waals surface area contributed by atoms with Gasteiger partial charge >= 0.3 is 0 Å². The van der Waals surface area contributed by atoms with Crippen molar-refractivity contribution >= 4 is 23.5 Å². The van der Waals surface area contributed by atoms with Crippen LogP contribution in [0.4, 0.5) is 5.82 Å². The van der Waals surface area contributed by atoms with Crippen LogP contribution in [0.1, 0.15) is 62.2 Å². The van der Waals surface area contributed by atoms with Crippen molar-refractivity contribution in [2.24, 2.45) is 0 Å². The number of rotatable bonds is 3. The molecule has 2 aliphatic heterocycles. The van der Waals surface area contributed by atoms with Gasteiger partial charge in [-0.1, -0.05) is 12.8 Å². The third-order valence-electron chi connectivity index (χ3n) is 6.18. The summed E-state index contributed by atoms with van der Waals surface area (Å²) in [6.07, 6.45) is 7.19. The first-order valence-electron chi connectivity index (χ1n) is 10.1. The smallest absolute Gasteiger partial charge is 0.256 e. The lowest BCUT2D eigenvalue weighted by molar-refractivity contribution is -0.139. The lowest BCUT2D eigenvalue weighted by atomic mass is 9.97. The molecule has 8 heteroatoms. The summed E-state index contributed by atoms with van der Waals surface area (Å²) in [5, 5.41) is 9.43. The predicted molar refractivity (Wildman–Crippen MR) is 103 cm³/mol. The van der Waals surface area contributed by atoms with Gasteiger partial charge in [-0.05, 0) is 38.3 Å². The maximum atomic E-state index is 12.7. The van der Waals surface area contributed by atoms with E-state index in [4.69, 9.17) is 0 Å². The van der Waals surface area contributed by atoms with Gasteiger partial charge in [0.05, 0.1) is 5.56 Å². The molecule has 3 heterocycles. The molecule has 2 atom stereocenters. The molecular weight excluding hydrogens is 358 g/mol. The van der Waals surface area contributed by atoms with Gasteiger partial charge in [0.15, 0.2) is 0 Å². The molecule has 0 radical (unpaired) electrons. The van der Waals surface area contributed by atoms with Gasteiger partial charge in [-0.25, -0.2) is 4.98 Å². The lowest BCUT2D eigenvalue weighted by Crippen LogP contribution is -2.58. The van der Waals surface area contributed by atoms with Crippen LogP contribution in [0, 0.1) is 0 Å². The molecular formula is C20H27N5O3. The normalized spacial score (nSPS) is 26.2. The summed E-state index contributed by atoms with van der Waals surface area (Å²) >= 11 is 0. The van der Waals surface area contributed by atoms with Crippen LogP contribution < -0.4 is 16.0 Å². The maximum Gasteiger partial charge on any atom is 0.256 e. The number of fused-ring (bicyclic) bond motifs is 1. The molecule has 3 aliphatic rings. The Morgan fingerprint density at radius 3 is 2.86 bits per heavy atom. The monoisotopic (exact) mass is 385 g/mol. The summed E-state index contributed by atoms with van der Waals surface area (Å²) in [6, 6.07) is 3.15. The number of aromatic nitrogens is 1. The third kappa shape index (κ3) is 3.55. The van der Waals surface area contributed by atoms with Crippen LogP contribution in [0.3, 0.4) is 0 Å². The van der Waals surface area contributed by atoms with Gasteiger partial charge in [0.2, 0.25) is 11.8 Å². The van der Waals surface area contributed by atoms with Gasteiger partial charge < -0.3 is 20.9 Å². The molecule has 1 aromatic heterocycles. The summed E-state index contributed by atoms with van der Waals surface area (Å²) in [6.45, 7) is 2.18. The van der Waals surface area contributed by atoms with Gasteiger partial charge in [0.25, 0.3) is 5.91 Å². The molecule has 1 spiro atoms. The van der Waals surface area contributed by atoms with E-state index >= 15 is 0 Å². The molecule has 2 unspecified atom stereocenters. The van der Waals surface area contributed by atoms with Gasteiger partial charge in [-0.3, -0.25) is 14.4 Å². The number of carbonyl (C=O) groups is 3. The fourth-order valence-corrected chi connectivity index (χ4v) is 4.45. The van der Waals surface area contributed by atoms with Crippen molar-refractivity contribution in [1.29, 1.82) is 0 Å². The average molecular weight is 385 g/mol. The first-order chi connectivity index (χ1) is 13.5. The Kier molecular flexibility index (Phi) is 4.95. The van der Waals surface area contributed by atoms with E-state index in [0.717, 1.165) is 25.7 Å². The molecule has 3 N–H and O–H groups in total. The van der Waals surface area contributed by atoms with E-state index in [1.54, 1.807) is 30.2 Å². The van der Waals surface area contributed by atoms with Gasteiger partial charge in [-0.15, -0.1) is 0 Å². The Hall–Kier alpha value is -2.64. The zero-order valence-corrected chi connectivity index (χ0v) is 16.2. The Labute approximate surface area is 164 Å². The van der Waals surface area contributed by atoms with Crippen LogP contribution in [0.5, 0.6) is 0 Å². The molecule has 8 nitrogen and oxygen atoms in total. The molecule has 4 rings (SSSR count). The summed E-state index contributed by atoms with van der Waals surface area (Å²) in [5.41, 5.74) is -0.213. The van der Waals surface area contributed by atoms with E-state index in [-0.39, 0.29) is 30.2 Å². The minimum atomic E-state index is -0.718. The second-order valence-corrected chi connectivity index (χ2v) is 8.06. The van der Waals surface area contributed by atoms with Crippen molar-refractivity contribution in [2.75, 3.05) is 11.9 Å². The van der Waals surface area contributed by atoms with Crippen LogP contribution in [0.2, 0.25) is 0 Å². The fraction of sp³-hybridized carbons (Fsp3) is 0.600. The van der Waals surface area contributed by atoms with Crippen LogP contribution in [-0.4, -0.2) is 51.9 Å². The number of pyridine rings is 1. The summed E-state index contributed by atoms with van der Waals surface area (Å²) in [5.74, 6) is 0.201. The number of hydrogen-bond donors (Lipinski definition) is 3. The highest BCUT2D eigenvalue weighted by molar-refractivity contribution is 6.01. The highest BCUT2D eigenvalue weighted by atomic mass is 16.2. The Balaban J connectivity index is 1.45. The molecule has 28 heavy (non-hydrogen) atoms. The van der Waals surface area contributed by atoms with Crippen molar-refractivity contribution < 1.29 is 14.4 Å². The Morgan fingerprint density at radius 2 is 2.07 bits per heavy atom. The lowest BCUT2D eigenvalue weighted by Gasteiger charge is -2.39. The number of likely N-dealkylation sites (tertiary alicyclic amines) is 1. The van der Waals surface area contributed by atoms with Gasteiger partial charge in [-0.2, -0.15) is 0 Å². The number of hydrogen-bond acceptors (Lipinski definition) is 5. The SMILES string of the molecule is CC(C(=O)NC1CCCC1)N1CCC2(CCC1=O)NC(=O)c1cccnc1N2. The van der Waals surface area contributed by atoms with E-state index in [1.165, 1.54) is 0 Å². The summed E-state index contributed by atoms with van der Waals surface area (Å²) in [4.78, 5) is 43.8. The molecule has 3 amide bonds. The Morgan fingerprint density at radius 1 is 1.29 bits per heavy atom. The van der Waals surface area contributed by atoms with Crippen LogP contribution in [-0.2, 0) is 9.59 Å². The minimum Gasteiger partial charge on any atom is -0.352 e. The zero-order valence-electron chi connectivity index (χ0n) is 16.2. The molecule has 1 aliphatic carbocycles. The Bertz CT molecular complexity index is 792. The number of amides is 3. The predicted octanol–water partition coefficient (Wildman–Crippen LogP) is 1.39. The largest absolute Gasteiger partial charge is 0.352 e. The molecule has 2 fully saturated rings. The highest BCUT2D eigenvalue weighted by Crippen LogP contribution is 2.31.